The first-order chi connectivity index (χ1) is 6.80. The molecule has 0 aromatic heterocycles. The van der Waals surface area contributed by atoms with E-state index in [0.717, 1.165) is 31.3 Å². The first kappa shape index (κ1) is 11.0. The van der Waals surface area contributed by atoms with Gasteiger partial charge in [-0.15, -0.1) is 0 Å². The second-order valence-electron chi connectivity index (χ2n) is 3.64. The van der Waals surface area contributed by atoms with Gasteiger partial charge in [-0.3, -0.25) is 4.79 Å². The van der Waals surface area contributed by atoms with Gasteiger partial charge in [0.2, 0.25) is 0 Å². The van der Waals surface area contributed by atoms with Gasteiger partial charge in [0.25, 0.3) is 0 Å². The summed E-state index contributed by atoms with van der Waals surface area (Å²) < 4.78 is 0. The summed E-state index contributed by atoms with van der Waals surface area (Å²) in [6.07, 6.45) is 15.3. The van der Waals surface area contributed by atoms with Crippen molar-refractivity contribution >= 4 is 5.78 Å². The summed E-state index contributed by atoms with van der Waals surface area (Å²) in [6, 6.07) is 0. The molecule has 0 spiro atoms. The summed E-state index contributed by atoms with van der Waals surface area (Å²) in [7, 11) is 0. The SMILES string of the molecule is CC1=CC=CCCC=CCCCC1=O. The maximum atomic E-state index is 11.5. The molecule has 0 atom stereocenters. The molecule has 1 nitrogen and oxygen atoms in total. The van der Waals surface area contributed by atoms with E-state index in [1.54, 1.807) is 0 Å². The lowest BCUT2D eigenvalue weighted by Gasteiger charge is -1.99. The molecule has 1 heteroatoms. The molecule has 0 aromatic rings. The summed E-state index contributed by atoms with van der Waals surface area (Å²) in [6.45, 7) is 1.90. The zero-order valence-electron chi connectivity index (χ0n) is 8.83. The molecule has 0 fully saturated rings. The van der Waals surface area contributed by atoms with E-state index in [0.29, 0.717) is 6.42 Å². The molecular weight excluding hydrogens is 172 g/mol. The van der Waals surface area contributed by atoms with Crippen LogP contribution in [-0.4, -0.2) is 5.78 Å². The fourth-order valence-corrected chi connectivity index (χ4v) is 1.41. The van der Waals surface area contributed by atoms with E-state index in [2.05, 4.69) is 18.2 Å². The first-order valence-corrected chi connectivity index (χ1v) is 5.32. The summed E-state index contributed by atoms with van der Waals surface area (Å²) >= 11 is 0. The Morgan fingerprint density at radius 1 is 1.07 bits per heavy atom. The van der Waals surface area contributed by atoms with Gasteiger partial charge in [-0.25, -0.2) is 0 Å². The quantitative estimate of drug-likeness (QED) is 0.534. The maximum Gasteiger partial charge on any atom is 0.158 e. The molecule has 0 heterocycles. The Kier molecular flexibility index (Phi) is 4.98. The Morgan fingerprint density at radius 3 is 2.64 bits per heavy atom. The van der Waals surface area contributed by atoms with Crippen molar-refractivity contribution in [3.63, 3.8) is 0 Å². The second-order valence-corrected chi connectivity index (χ2v) is 3.64. The van der Waals surface area contributed by atoms with Crippen LogP contribution in [0.25, 0.3) is 0 Å². The van der Waals surface area contributed by atoms with Crippen molar-refractivity contribution < 1.29 is 4.79 Å². The van der Waals surface area contributed by atoms with Crippen LogP contribution in [0.15, 0.2) is 36.0 Å². The first-order valence-electron chi connectivity index (χ1n) is 5.32. The van der Waals surface area contributed by atoms with E-state index in [-0.39, 0.29) is 5.78 Å². The minimum absolute atomic E-state index is 0.281. The lowest BCUT2D eigenvalue weighted by atomic mass is 10.1. The van der Waals surface area contributed by atoms with Crippen molar-refractivity contribution in [2.45, 2.75) is 39.0 Å². The Bertz CT molecular complexity index is 269. The molecule has 76 valence electrons. The molecule has 0 saturated carbocycles. The summed E-state index contributed by atoms with van der Waals surface area (Å²) in [5, 5.41) is 0. The maximum absolute atomic E-state index is 11.5. The number of ketones is 1. The highest BCUT2D eigenvalue weighted by molar-refractivity contribution is 5.94. The third-order valence-electron chi connectivity index (χ3n) is 2.36. The highest BCUT2D eigenvalue weighted by Crippen LogP contribution is 2.07. The molecule has 1 rings (SSSR count). The largest absolute Gasteiger partial charge is 0.295 e. The standard InChI is InChI=1S/C13H18O/c1-12-10-8-6-4-2-3-5-7-9-11-13(12)14/h3,5-6,8,10H,2,4,7,9,11H2,1H3. The molecule has 0 aromatic carbocycles. The number of allylic oxidation sites excluding steroid dienone is 6. The van der Waals surface area contributed by atoms with E-state index in [1.165, 1.54) is 0 Å². The monoisotopic (exact) mass is 190 g/mol. The van der Waals surface area contributed by atoms with Crippen LogP contribution in [-0.2, 0) is 4.79 Å². The molecule has 0 amide bonds. The van der Waals surface area contributed by atoms with Gasteiger partial charge in [0, 0.05) is 6.42 Å². The van der Waals surface area contributed by atoms with E-state index in [4.69, 9.17) is 0 Å². The van der Waals surface area contributed by atoms with Crippen LogP contribution < -0.4 is 0 Å². The Morgan fingerprint density at radius 2 is 1.79 bits per heavy atom. The summed E-state index contributed by atoms with van der Waals surface area (Å²) in [4.78, 5) is 11.5. The zero-order valence-corrected chi connectivity index (χ0v) is 8.83. The lowest BCUT2D eigenvalue weighted by Crippen LogP contribution is -1.98. The average Bonchev–Trinajstić information content (AvgIpc) is 2.18. The topological polar surface area (TPSA) is 17.1 Å². The molecule has 0 aliphatic heterocycles. The molecule has 0 bridgehead atoms. The van der Waals surface area contributed by atoms with Gasteiger partial charge in [-0.2, -0.15) is 0 Å². The van der Waals surface area contributed by atoms with E-state index in [9.17, 15) is 4.79 Å². The van der Waals surface area contributed by atoms with E-state index >= 15 is 0 Å². The van der Waals surface area contributed by atoms with Crippen LogP contribution in [0.3, 0.4) is 0 Å². The highest BCUT2D eigenvalue weighted by Gasteiger charge is 2.02. The van der Waals surface area contributed by atoms with E-state index < -0.39 is 0 Å². The molecule has 14 heavy (non-hydrogen) atoms. The number of hydrogen-bond donors (Lipinski definition) is 0. The van der Waals surface area contributed by atoms with Gasteiger partial charge in [0.1, 0.15) is 0 Å². The minimum Gasteiger partial charge on any atom is -0.295 e. The number of hydrogen-bond acceptors (Lipinski definition) is 1. The van der Waals surface area contributed by atoms with Crippen LogP contribution in [0.1, 0.15) is 39.0 Å². The van der Waals surface area contributed by atoms with E-state index in [1.807, 2.05) is 19.1 Å². The van der Waals surface area contributed by atoms with Crippen LogP contribution in [0.5, 0.6) is 0 Å². The van der Waals surface area contributed by atoms with Crippen molar-refractivity contribution in [3.05, 3.63) is 36.0 Å². The molecule has 1 aliphatic carbocycles. The smallest absolute Gasteiger partial charge is 0.158 e. The van der Waals surface area contributed by atoms with Gasteiger partial charge in [0.15, 0.2) is 5.78 Å². The number of Topliss-reactive ketones (excluding diaryl/α,β-unsaturated/α-hetero) is 1. The van der Waals surface area contributed by atoms with Crippen molar-refractivity contribution in [1.82, 2.24) is 0 Å². The molecule has 0 N–H and O–H groups in total. The van der Waals surface area contributed by atoms with Crippen molar-refractivity contribution in [1.29, 1.82) is 0 Å². The molecule has 0 unspecified atom stereocenters. The average molecular weight is 190 g/mol. The Balaban J connectivity index is 2.60. The fourth-order valence-electron chi connectivity index (χ4n) is 1.41. The van der Waals surface area contributed by atoms with Crippen LogP contribution >= 0.6 is 0 Å². The van der Waals surface area contributed by atoms with Gasteiger partial charge >= 0.3 is 0 Å². The number of carbonyl (C=O) groups is 1. The van der Waals surface area contributed by atoms with Crippen molar-refractivity contribution in [2.24, 2.45) is 0 Å². The molecule has 0 radical (unpaired) electrons. The summed E-state index contributed by atoms with van der Waals surface area (Å²) in [5.74, 6) is 0.281. The predicted octanol–water partition coefficient (Wildman–Crippen LogP) is 3.58. The summed E-state index contributed by atoms with van der Waals surface area (Å²) in [5.41, 5.74) is 0.880. The predicted molar refractivity (Wildman–Crippen MR) is 60.1 cm³/mol. The van der Waals surface area contributed by atoms with Gasteiger partial charge in [0.05, 0.1) is 0 Å². The van der Waals surface area contributed by atoms with Crippen molar-refractivity contribution in [2.75, 3.05) is 0 Å². The van der Waals surface area contributed by atoms with Gasteiger partial charge in [-0.1, -0.05) is 30.4 Å². The van der Waals surface area contributed by atoms with Gasteiger partial charge < -0.3 is 0 Å². The Labute approximate surface area is 86.2 Å². The fraction of sp³-hybridized carbons (Fsp3) is 0.462. The van der Waals surface area contributed by atoms with Gasteiger partial charge in [-0.05, 0) is 38.2 Å². The molecule has 1 aliphatic rings. The van der Waals surface area contributed by atoms with Crippen LogP contribution in [0.4, 0.5) is 0 Å². The number of rotatable bonds is 0. The van der Waals surface area contributed by atoms with Crippen LogP contribution in [0.2, 0.25) is 0 Å². The lowest BCUT2D eigenvalue weighted by molar-refractivity contribution is -0.115. The van der Waals surface area contributed by atoms with Crippen LogP contribution in [0, 0.1) is 0 Å². The second kappa shape index (κ2) is 6.36. The molecule has 0 saturated heterocycles. The molecular formula is C13H18O. The minimum atomic E-state index is 0.281. The third-order valence-corrected chi connectivity index (χ3v) is 2.36. The van der Waals surface area contributed by atoms with Crippen molar-refractivity contribution in [3.8, 4) is 0 Å². The number of carbonyl (C=O) groups excluding carboxylic acids is 1. The third kappa shape index (κ3) is 4.22. The Hall–Kier alpha value is -1.11. The zero-order chi connectivity index (χ0) is 10.2. The highest BCUT2D eigenvalue weighted by atomic mass is 16.1. The normalized spacial score (nSPS) is 19.8.